The molecular weight excluding hydrogens is 209 g/mol. The molecule has 0 unspecified atom stereocenters. The molecule has 2 rings (SSSR count). The first-order chi connectivity index (χ1) is 6.16. The lowest BCUT2D eigenvalue weighted by atomic mass is 10.2. The van der Waals surface area contributed by atoms with Gasteiger partial charge >= 0.3 is 0 Å². The van der Waals surface area contributed by atoms with Crippen LogP contribution in [0.4, 0.5) is 0 Å². The van der Waals surface area contributed by atoms with E-state index in [9.17, 15) is 5.11 Å². The van der Waals surface area contributed by atoms with Gasteiger partial charge in [0.2, 0.25) is 0 Å². The molecule has 0 aliphatic heterocycles. The lowest BCUT2D eigenvalue weighted by Gasteiger charge is -2.00. The van der Waals surface area contributed by atoms with Crippen LogP contribution in [0.15, 0.2) is 24.3 Å². The van der Waals surface area contributed by atoms with Crippen LogP contribution in [0.1, 0.15) is 0 Å². The molecule has 0 fully saturated rings. The summed E-state index contributed by atoms with van der Waals surface area (Å²) in [5, 5.41) is 10.8. The van der Waals surface area contributed by atoms with Gasteiger partial charge in [-0.25, -0.2) is 4.98 Å². The van der Waals surface area contributed by atoms with Crippen molar-refractivity contribution in [2.45, 2.75) is 0 Å². The SMILES string of the molecule is Oc1cc2ccc(Cl)nc2cc1Cl. The second-order valence-corrected chi connectivity index (χ2v) is 3.42. The van der Waals surface area contributed by atoms with Gasteiger partial charge in [0.15, 0.2) is 0 Å². The Bertz CT molecular complexity index is 470. The number of nitrogens with zero attached hydrogens (tertiary/aromatic N) is 1. The fourth-order valence-electron chi connectivity index (χ4n) is 1.11. The number of pyridine rings is 1. The van der Waals surface area contributed by atoms with Crippen LogP contribution in [0, 0.1) is 0 Å². The third kappa shape index (κ3) is 1.55. The van der Waals surface area contributed by atoms with Crippen LogP contribution in [-0.4, -0.2) is 10.1 Å². The third-order valence-corrected chi connectivity index (χ3v) is 2.24. The average Bonchev–Trinajstić information content (AvgIpc) is 2.08. The Morgan fingerprint density at radius 2 is 1.92 bits per heavy atom. The number of aromatic hydroxyl groups is 1. The van der Waals surface area contributed by atoms with Gasteiger partial charge in [-0.1, -0.05) is 23.2 Å². The Balaban J connectivity index is 2.81. The summed E-state index contributed by atoms with van der Waals surface area (Å²) in [7, 11) is 0. The van der Waals surface area contributed by atoms with Crippen LogP contribution in [0.3, 0.4) is 0 Å². The van der Waals surface area contributed by atoms with E-state index in [0.29, 0.717) is 10.7 Å². The van der Waals surface area contributed by atoms with Gasteiger partial charge < -0.3 is 5.11 Å². The number of halogens is 2. The van der Waals surface area contributed by atoms with Crippen molar-refractivity contribution in [3.05, 3.63) is 34.4 Å². The summed E-state index contributed by atoms with van der Waals surface area (Å²) in [6.07, 6.45) is 0. The smallest absolute Gasteiger partial charge is 0.134 e. The zero-order chi connectivity index (χ0) is 9.42. The molecule has 66 valence electrons. The van der Waals surface area contributed by atoms with Crippen molar-refractivity contribution in [1.29, 1.82) is 0 Å². The van der Waals surface area contributed by atoms with Crippen molar-refractivity contribution < 1.29 is 5.11 Å². The van der Waals surface area contributed by atoms with Crippen molar-refractivity contribution in [2.75, 3.05) is 0 Å². The average molecular weight is 214 g/mol. The molecule has 0 saturated carbocycles. The number of benzene rings is 1. The Kier molecular flexibility index (Phi) is 2.02. The first kappa shape index (κ1) is 8.60. The van der Waals surface area contributed by atoms with Gasteiger partial charge in [-0.15, -0.1) is 0 Å². The van der Waals surface area contributed by atoms with Crippen LogP contribution >= 0.6 is 23.2 Å². The predicted octanol–water partition coefficient (Wildman–Crippen LogP) is 3.25. The molecular formula is C9H5Cl2NO. The zero-order valence-electron chi connectivity index (χ0n) is 6.46. The number of phenolic OH excluding ortho intramolecular Hbond substituents is 1. The summed E-state index contributed by atoms with van der Waals surface area (Å²) in [5.74, 6) is 0.0540. The summed E-state index contributed by atoms with van der Waals surface area (Å²) in [6, 6.07) is 6.58. The summed E-state index contributed by atoms with van der Waals surface area (Å²) in [4.78, 5) is 4.05. The first-order valence-corrected chi connectivity index (χ1v) is 4.37. The van der Waals surface area contributed by atoms with E-state index in [4.69, 9.17) is 23.2 Å². The van der Waals surface area contributed by atoms with Gasteiger partial charge in [-0.2, -0.15) is 0 Å². The highest BCUT2D eigenvalue weighted by Gasteiger charge is 2.02. The zero-order valence-corrected chi connectivity index (χ0v) is 7.97. The summed E-state index contributed by atoms with van der Waals surface area (Å²) in [6.45, 7) is 0. The minimum Gasteiger partial charge on any atom is -0.506 e. The van der Waals surface area contributed by atoms with E-state index in [1.54, 1.807) is 24.3 Å². The van der Waals surface area contributed by atoms with Gasteiger partial charge in [-0.3, -0.25) is 0 Å². The summed E-state index contributed by atoms with van der Waals surface area (Å²) < 4.78 is 0. The number of fused-ring (bicyclic) bond motifs is 1. The number of hydrogen-bond donors (Lipinski definition) is 1. The van der Waals surface area contributed by atoms with Gasteiger partial charge in [0.1, 0.15) is 10.9 Å². The second-order valence-electron chi connectivity index (χ2n) is 2.63. The maximum atomic E-state index is 9.29. The lowest BCUT2D eigenvalue weighted by Crippen LogP contribution is -1.79. The summed E-state index contributed by atoms with van der Waals surface area (Å²) in [5.41, 5.74) is 0.676. The van der Waals surface area contributed by atoms with Crippen LogP contribution in [0.2, 0.25) is 10.2 Å². The van der Waals surface area contributed by atoms with Crippen molar-refractivity contribution >= 4 is 34.1 Å². The highest BCUT2D eigenvalue weighted by atomic mass is 35.5. The van der Waals surface area contributed by atoms with Crippen LogP contribution < -0.4 is 0 Å². The number of hydrogen-bond acceptors (Lipinski definition) is 2. The monoisotopic (exact) mass is 213 g/mol. The first-order valence-electron chi connectivity index (χ1n) is 3.61. The van der Waals surface area contributed by atoms with E-state index in [1.165, 1.54) is 0 Å². The fraction of sp³-hybridized carbons (Fsp3) is 0. The molecule has 0 radical (unpaired) electrons. The minimum atomic E-state index is 0.0540. The molecule has 2 nitrogen and oxygen atoms in total. The molecule has 1 aromatic heterocycles. The Hall–Kier alpha value is -0.990. The van der Waals surface area contributed by atoms with Crippen molar-refractivity contribution in [3.63, 3.8) is 0 Å². The molecule has 1 aromatic carbocycles. The van der Waals surface area contributed by atoms with Gasteiger partial charge in [0, 0.05) is 5.39 Å². The normalized spacial score (nSPS) is 10.6. The molecule has 0 aliphatic rings. The van der Waals surface area contributed by atoms with Gasteiger partial charge in [0.25, 0.3) is 0 Å². The van der Waals surface area contributed by atoms with Crippen molar-refractivity contribution in [2.24, 2.45) is 0 Å². The molecule has 4 heteroatoms. The molecule has 0 aliphatic carbocycles. The van der Waals surface area contributed by atoms with Gasteiger partial charge in [-0.05, 0) is 24.3 Å². The second kappa shape index (κ2) is 3.05. The van der Waals surface area contributed by atoms with E-state index in [0.717, 1.165) is 5.39 Å². The van der Waals surface area contributed by atoms with Crippen LogP contribution in [0.5, 0.6) is 5.75 Å². The molecule has 0 saturated heterocycles. The molecule has 13 heavy (non-hydrogen) atoms. The molecule has 1 heterocycles. The topological polar surface area (TPSA) is 33.1 Å². The highest BCUT2D eigenvalue weighted by Crippen LogP contribution is 2.28. The molecule has 2 aromatic rings. The fourth-order valence-corrected chi connectivity index (χ4v) is 1.42. The number of rotatable bonds is 0. The third-order valence-electron chi connectivity index (χ3n) is 1.72. The molecule has 0 atom stereocenters. The number of aromatic nitrogens is 1. The van der Waals surface area contributed by atoms with E-state index < -0.39 is 0 Å². The largest absolute Gasteiger partial charge is 0.506 e. The van der Waals surface area contributed by atoms with Gasteiger partial charge in [0.05, 0.1) is 10.5 Å². The van der Waals surface area contributed by atoms with E-state index in [2.05, 4.69) is 4.98 Å². The predicted molar refractivity (Wildman–Crippen MR) is 53.4 cm³/mol. The molecule has 0 spiro atoms. The minimum absolute atomic E-state index is 0.0540. The van der Waals surface area contributed by atoms with Crippen molar-refractivity contribution in [3.8, 4) is 5.75 Å². The van der Waals surface area contributed by atoms with Crippen molar-refractivity contribution in [1.82, 2.24) is 4.98 Å². The molecule has 0 amide bonds. The standard InChI is InChI=1S/C9H5Cl2NO/c10-6-4-7-5(3-8(6)13)1-2-9(11)12-7/h1-4,13H. The van der Waals surface area contributed by atoms with E-state index in [1.807, 2.05) is 0 Å². The highest BCUT2D eigenvalue weighted by molar-refractivity contribution is 6.33. The van der Waals surface area contributed by atoms with E-state index in [-0.39, 0.29) is 10.8 Å². The number of phenols is 1. The summed E-state index contributed by atoms with van der Waals surface area (Å²) >= 11 is 11.4. The maximum Gasteiger partial charge on any atom is 0.134 e. The van der Waals surface area contributed by atoms with Crippen LogP contribution in [0.25, 0.3) is 10.9 Å². The Labute approximate surface area is 84.7 Å². The maximum absolute atomic E-state index is 9.29. The Morgan fingerprint density at radius 1 is 1.15 bits per heavy atom. The Morgan fingerprint density at radius 3 is 2.69 bits per heavy atom. The molecule has 0 bridgehead atoms. The van der Waals surface area contributed by atoms with Crippen LogP contribution in [-0.2, 0) is 0 Å². The van der Waals surface area contributed by atoms with E-state index >= 15 is 0 Å². The molecule has 1 N–H and O–H groups in total. The lowest BCUT2D eigenvalue weighted by molar-refractivity contribution is 0.476. The quantitative estimate of drug-likeness (QED) is 0.682.